The lowest BCUT2D eigenvalue weighted by molar-refractivity contribution is -0.124. The molecule has 0 radical (unpaired) electrons. The molecule has 2 saturated heterocycles. The Bertz CT molecular complexity index is 566. The number of imide groups is 1. The van der Waals surface area contributed by atoms with E-state index in [4.69, 9.17) is 16.3 Å². The zero-order chi connectivity index (χ0) is 14.3. The molecule has 0 unspecified atom stereocenters. The Kier molecular flexibility index (Phi) is 3.52. The number of hydrogen-bond donors (Lipinski definition) is 0. The van der Waals surface area contributed by atoms with Gasteiger partial charge in [-0.05, 0) is 37.5 Å². The van der Waals surface area contributed by atoms with Crippen LogP contribution in [0.25, 0.3) is 0 Å². The first-order chi connectivity index (χ1) is 9.59. The highest BCUT2D eigenvalue weighted by molar-refractivity contribution is 6.32. The Morgan fingerprint density at radius 1 is 1.35 bits per heavy atom. The van der Waals surface area contributed by atoms with Crippen molar-refractivity contribution in [2.45, 2.75) is 32.3 Å². The largest absolute Gasteiger partial charge is 0.377 e. The van der Waals surface area contributed by atoms with Gasteiger partial charge >= 0.3 is 0 Å². The van der Waals surface area contributed by atoms with Crippen LogP contribution in [0.4, 0.5) is 5.69 Å². The number of hydrogen-bond acceptors (Lipinski definition) is 3. The second-order valence-electron chi connectivity index (χ2n) is 5.31. The first-order valence-electron chi connectivity index (χ1n) is 6.83. The molecule has 1 aromatic carbocycles. The molecule has 0 bridgehead atoms. The second kappa shape index (κ2) is 5.19. The third-order valence-electron chi connectivity index (χ3n) is 4.08. The van der Waals surface area contributed by atoms with Gasteiger partial charge in [0.2, 0.25) is 11.8 Å². The van der Waals surface area contributed by atoms with E-state index in [0.29, 0.717) is 17.3 Å². The Morgan fingerprint density at radius 3 is 2.85 bits per heavy atom. The van der Waals surface area contributed by atoms with Crippen molar-refractivity contribution in [1.29, 1.82) is 0 Å². The number of benzene rings is 1. The number of halogens is 1. The van der Waals surface area contributed by atoms with Crippen molar-refractivity contribution in [1.82, 2.24) is 0 Å². The van der Waals surface area contributed by atoms with E-state index in [0.717, 1.165) is 18.4 Å². The summed E-state index contributed by atoms with van der Waals surface area (Å²) in [7, 11) is 0. The minimum absolute atomic E-state index is 0.115. The maximum absolute atomic E-state index is 12.5. The van der Waals surface area contributed by atoms with Gasteiger partial charge in [0, 0.05) is 18.1 Å². The van der Waals surface area contributed by atoms with Gasteiger partial charge in [-0.1, -0.05) is 17.7 Å². The van der Waals surface area contributed by atoms with Crippen molar-refractivity contribution >= 4 is 29.1 Å². The molecule has 3 rings (SSSR count). The highest BCUT2D eigenvalue weighted by Gasteiger charge is 2.45. The number of anilines is 1. The number of ether oxygens (including phenoxy) is 1. The van der Waals surface area contributed by atoms with Gasteiger partial charge in [-0.3, -0.25) is 9.59 Å². The van der Waals surface area contributed by atoms with Gasteiger partial charge in [0.15, 0.2) is 0 Å². The summed E-state index contributed by atoms with van der Waals surface area (Å²) < 4.78 is 5.57. The summed E-state index contributed by atoms with van der Waals surface area (Å²) in [5.41, 5.74) is 1.34. The van der Waals surface area contributed by atoms with Crippen LogP contribution in [-0.4, -0.2) is 24.5 Å². The summed E-state index contributed by atoms with van der Waals surface area (Å²) in [6.07, 6.45) is 1.93. The lowest BCUT2D eigenvalue weighted by atomic mass is 9.98. The third kappa shape index (κ3) is 2.13. The number of amides is 2. The molecule has 2 atom stereocenters. The Balaban J connectivity index is 1.92. The maximum Gasteiger partial charge on any atom is 0.240 e. The highest BCUT2D eigenvalue weighted by atomic mass is 35.5. The molecular weight excluding hydrogens is 278 g/mol. The molecule has 0 aliphatic carbocycles. The highest BCUT2D eigenvalue weighted by Crippen LogP contribution is 2.35. The Morgan fingerprint density at radius 2 is 2.15 bits per heavy atom. The first kappa shape index (κ1) is 13.6. The van der Waals surface area contributed by atoms with E-state index in [-0.39, 0.29) is 30.3 Å². The van der Waals surface area contributed by atoms with Gasteiger partial charge in [-0.15, -0.1) is 0 Å². The van der Waals surface area contributed by atoms with Crippen LogP contribution in [0.3, 0.4) is 0 Å². The van der Waals surface area contributed by atoms with E-state index in [1.54, 1.807) is 18.2 Å². The molecule has 1 aromatic rings. The van der Waals surface area contributed by atoms with Gasteiger partial charge in [-0.25, -0.2) is 4.90 Å². The third-order valence-corrected chi connectivity index (χ3v) is 4.48. The van der Waals surface area contributed by atoms with E-state index >= 15 is 0 Å². The van der Waals surface area contributed by atoms with E-state index in [1.165, 1.54) is 4.90 Å². The zero-order valence-electron chi connectivity index (χ0n) is 11.3. The van der Waals surface area contributed by atoms with Gasteiger partial charge in [0.05, 0.1) is 17.7 Å². The molecule has 2 fully saturated rings. The predicted octanol–water partition coefficient (Wildman–Crippen LogP) is 2.71. The molecule has 0 spiro atoms. The summed E-state index contributed by atoms with van der Waals surface area (Å²) >= 11 is 6.08. The second-order valence-corrected chi connectivity index (χ2v) is 5.72. The van der Waals surface area contributed by atoms with Crippen LogP contribution in [0.5, 0.6) is 0 Å². The molecule has 0 N–H and O–H groups in total. The topological polar surface area (TPSA) is 46.6 Å². The average molecular weight is 294 g/mol. The zero-order valence-corrected chi connectivity index (χ0v) is 12.0. The molecular formula is C15H16ClNO3. The average Bonchev–Trinajstić information content (AvgIpc) is 3.02. The number of carbonyl (C=O) groups is 2. The Labute approximate surface area is 122 Å². The van der Waals surface area contributed by atoms with Crippen molar-refractivity contribution in [2.75, 3.05) is 11.5 Å². The summed E-state index contributed by atoms with van der Waals surface area (Å²) in [6.45, 7) is 2.50. The number of rotatable bonds is 2. The predicted molar refractivity (Wildman–Crippen MR) is 75.8 cm³/mol. The van der Waals surface area contributed by atoms with E-state index in [9.17, 15) is 9.59 Å². The molecule has 106 valence electrons. The summed E-state index contributed by atoms with van der Waals surface area (Å²) in [5, 5.41) is 0.559. The van der Waals surface area contributed by atoms with Crippen LogP contribution in [0.15, 0.2) is 18.2 Å². The molecule has 0 saturated carbocycles. The molecule has 20 heavy (non-hydrogen) atoms. The first-order valence-corrected chi connectivity index (χ1v) is 7.21. The molecule has 4 nitrogen and oxygen atoms in total. The number of carbonyl (C=O) groups excluding carboxylic acids is 2. The fourth-order valence-corrected chi connectivity index (χ4v) is 3.13. The monoisotopic (exact) mass is 293 g/mol. The van der Waals surface area contributed by atoms with Gasteiger partial charge in [-0.2, -0.15) is 0 Å². The fraction of sp³-hybridized carbons (Fsp3) is 0.467. The summed E-state index contributed by atoms with van der Waals surface area (Å²) in [6, 6.07) is 5.27. The van der Waals surface area contributed by atoms with Crippen LogP contribution >= 0.6 is 11.6 Å². The van der Waals surface area contributed by atoms with Crippen LogP contribution < -0.4 is 4.90 Å². The molecule has 2 aliphatic rings. The van der Waals surface area contributed by atoms with Gasteiger partial charge in [0.25, 0.3) is 0 Å². The van der Waals surface area contributed by atoms with Gasteiger partial charge in [0.1, 0.15) is 0 Å². The van der Waals surface area contributed by atoms with E-state index in [2.05, 4.69) is 0 Å². The molecule has 2 amide bonds. The molecule has 5 heteroatoms. The SMILES string of the molecule is Cc1c(Cl)cccc1N1C(=O)C[C@@H]([C@H]2CCCO2)C1=O. The van der Waals surface area contributed by atoms with Crippen molar-refractivity contribution in [3.63, 3.8) is 0 Å². The summed E-state index contributed by atoms with van der Waals surface area (Å²) in [4.78, 5) is 26.0. The maximum atomic E-state index is 12.5. The molecule has 0 aromatic heterocycles. The van der Waals surface area contributed by atoms with Crippen molar-refractivity contribution in [2.24, 2.45) is 5.92 Å². The number of nitrogens with zero attached hydrogens (tertiary/aromatic N) is 1. The minimum atomic E-state index is -0.344. The smallest absolute Gasteiger partial charge is 0.240 e. The van der Waals surface area contributed by atoms with Crippen molar-refractivity contribution < 1.29 is 14.3 Å². The lowest BCUT2D eigenvalue weighted by Crippen LogP contribution is -2.34. The molecule has 2 heterocycles. The fourth-order valence-electron chi connectivity index (χ4n) is 2.96. The minimum Gasteiger partial charge on any atom is -0.377 e. The summed E-state index contributed by atoms with van der Waals surface area (Å²) in [5.74, 6) is -0.670. The van der Waals surface area contributed by atoms with Crippen LogP contribution in [0.1, 0.15) is 24.8 Å². The van der Waals surface area contributed by atoms with Crippen molar-refractivity contribution in [3.8, 4) is 0 Å². The lowest BCUT2D eigenvalue weighted by Gasteiger charge is -2.19. The molecule has 2 aliphatic heterocycles. The quantitative estimate of drug-likeness (QED) is 0.788. The van der Waals surface area contributed by atoms with Crippen LogP contribution in [-0.2, 0) is 14.3 Å². The van der Waals surface area contributed by atoms with E-state index < -0.39 is 0 Å². The van der Waals surface area contributed by atoms with Crippen LogP contribution in [0, 0.1) is 12.8 Å². The van der Waals surface area contributed by atoms with E-state index in [1.807, 2.05) is 6.92 Å². The standard InChI is InChI=1S/C15H16ClNO3/c1-9-11(16)4-2-5-12(9)17-14(18)8-10(15(17)19)13-6-3-7-20-13/h2,4-5,10,13H,3,6-8H2,1H3/t10-,13+/m0/s1. The normalized spacial score (nSPS) is 26.6. The van der Waals surface area contributed by atoms with Crippen molar-refractivity contribution in [3.05, 3.63) is 28.8 Å². The van der Waals surface area contributed by atoms with Gasteiger partial charge < -0.3 is 4.74 Å². The Hall–Kier alpha value is -1.39. The van der Waals surface area contributed by atoms with Crippen LogP contribution in [0.2, 0.25) is 5.02 Å².